The van der Waals surface area contributed by atoms with E-state index in [4.69, 9.17) is 4.74 Å². The minimum absolute atomic E-state index is 0.0884. The lowest BCUT2D eigenvalue weighted by Gasteiger charge is -2.33. The summed E-state index contributed by atoms with van der Waals surface area (Å²) >= 11 is 0. The van der Waals surface area contributed by atoms with Crippen molar-refractivity contribution in [3.05, 3.63) is 89.5 Å². The number of carboxylic acid groups (broad SMARTS) is 1. The van der Waals surface area contributed by atoms with Gasteiger partial charge in [0.05, 0.1) is 17.0 Å². The molecule has 0 aromatic heterocycles. The van der Waals surface area contributed by atoms with Crippen LogP contribution in [0.15, 0.2) is 77.7 Å². The molecule has 3 aromatic carbocycles. The van der Waals surface area contributed by atoms with Crippen LogP contribution in [0.25, 0.3) is 0 Å². The first-order valence-electron chi connectivity index (χ1n) is 13.0. The number of benzene rings is 3. The second kappa shape index (κ2) is 10.4. The Kier molecular flexibility index (Phi) is 7.11. The molecule has 2 N–H and O–H groups in total. The average molecular weight is 549 g/mol. The lowest BCUT2D eigenvalue weighted by Crippen LogP contribution is -2.51. The number of hydrogen-bond donors (Lipinski definition) is 2. The van der Waals surface area contributed by atoms with Crippen molar-refractivity contribution in [2.24, 2.45) is 0 Å². The van der Waals surface area contributed by atoms with E-state index >= 15 is 0 Å². The molecule has 0 radical (unpaired) electrons. The number of nitrogens with zero attached hydrogens (tertiary/aromatic N) is 1. The number of rotatable bonds is 8. The molecule has 204 valence electrons. The third-order valence-corrected chi connectivity index (χ3v) is 9.11. The molecule has 0 saturated heterocycles. The van der Waals surface area contributed by atoms with E-state index < -0.39 is 34.0 Å². The molecule has 39 heavy (non-hydrogen) atoms. The Morgan fingerprint density at radius 2 is 1.77 bits per heavy atom. The van der Waals surface area contributed by atoms with Gasteiger partial charge in [-0.2, -0.15) is 0 Å². The number of anilines is 1. The van der Waals surface area contributed by atoms with E-state index in [9.17, 15) is 23.1 Å². The number of nitrogens with one attached hydrogen (secondary N) is 1. The van der Waals surface area contributed by atoms with Crippen LogP contribution in [0.2, 0.25) is 0 Å². The van der Waals surface area contributed by atoms with Gasteiger partial charge in [0.1, 0.15) is 17.4 Å². The highest BCUT2D eigenvalue weighted by molar-refractivity contribution is 7.93. The molecule has 2 heterocycles. The molecule has 2 atom stereocenters. The van der Waals surface area contributed by atoms with Crippen LogP contribution in [0.5, 0.6) is 5.75 Å². The summed E-state index contributed by atoms with van der Waals surface area (Å²) in [6, 6.07) is 19.4. The Hall–Kier alpha value is -3.85. The summed E-state index contributed by atoms with van der Waals surface area (Å²) in [5.41, 5.74) is 2.56. The first kappa shape index (κ1) is 26.7. The highest BCUT2D eigenvalue weighted by atomic mass is 32.2. The Morgan fingerprint density at radius 3 is 2.51 bits per heavy atom. The van der Waals surface area contributed by atoms with E-state index in [2.05, 4.69) is 5.32 Å². The molecular weight excluding hydrogens is 516 g/mol. The van der Waals surface area contributed by atoms with Gasteiger partial charge in [0.2, 0.25) is 5.91 Å². The van der Waals surface area contributed by atoms with Crippen molar-refractivity contribution >= 4 is 27.6 Å². The van der Waals surface area contributed by atoms with Crippen LogP contribution in [0.3, 0.4) is 0 Å². The molecule has 0 unspecified atom stereocenters. The van der Waals surface area contributed by atoms with Crippen molar-refractivity contribution in [3.63, 3.8) is 0 Å². The number of carbonyl (C=O) groups is 2. The van der Waals surface area contributed by atoms with Crippen molar-refractivity contribution in [3.8, 4) is 5.75 Å². The van der Waals surface area contributed by atoms with Crippen molar-refractivity contribution < 1.29 is 27.9 Å². The van der Waals surface area contributed by atoms with Crippen molar-refractivity contribution in [1.82, 2.24) is 5.32 Å². The predicted octanol–water partition coefficient (Wildman–Crippen LogP) is 4.11. The first-order chi connectivity index (χ1) is 18.5. The van der Waals surface area contributed by atoms with E-state index in [0.717, 1.165) is 23.1 Å². The maximum Gasteiger partial charge on any atom is 0.305 e. The molecule has 8 nitrogen and oxygen atoms in total. The summed E-state index contributed by atoms with van der Waals surface area (Å²) in [6.07, 6.45) is 1.66. The standard InChI is InChI=1S/C30H32N2O6S/c1-30(2)15-14-22-17-24(12-13-27(22)38-30)39(36,37)32-25-11-7-6-10-21(25)18-26(32)29(35)31-23(19-28(33)34)16-20-8-4-3-5-9-20/h3-13,17,23,26H,14-16,18-19H2,1-2H3,(H,31,35)(H,33,34)/t23-,26-/m0/s1. The second-order valence-electron chi connectivity index (χ2n) is 10.8. The number of sulfonamides is 1. The number of carbonyl (C=O) groups excluding carboxylic acids is 1. The van der Waals surface area contributed by atoms with Crippen LogP contribution in [-0.2, 0) is 38.9 Å². The van der Waals surface area contributed by atoms with Crippen molar-refractivity contribution in [1.29, 1.82) is 0 Å². The largest absolute Gasteiger partial charge is 0.488 e. The van der Waals surface area contributed by atoms with Crippen LogP contribution >= 0.6 is 0 Å². The van der Waals surface area contributed by atoms with Crippen LogP contribution in [0.1, 0.15) is 43.4 Å². The monoisotopic (exact) mass is 548 g/mol. The molecule has 2 aliphatic rings. The van der Waals surface area contributed by atoms with Gasteiger partial charge in [-0.1, -0.05) is 48.5 Å². The SMILES string of the molecule is CC1(C)CCc2cc(S(=O)(=O)N3c4ccccc4C[C@H]3C(=O)N[C@H](CC(=O)O)Cc3ccccc3)ccc2O1. The Bertz CT molecular complexity index is 1500. The number of ether oxygens (including phenoxy) is 1. The maximum absolute atomic E-state index is 14.1. The molecule has 0 aliphatic carbocycles. The number of amides is 1. The smallest absolute Gasteiger partial charge is 0.305 e. The third-order valence-electron chi connectivity index (χ3n) is 7.29. The van der Waals surface area contributed by atoms with Crippen molar-refractivity contribution in [2.45, 2.75) is 68.5 Å². The third kappa shape index (κ3) is 5.63. The Balaban J connectivity index is 1.46. The summed E-state index contributed by atoms with van der Waals surface area (Å²) in [4.78, 5) is 25.3. The van der Waals surface area contributed by atoms with E-state index in [0.29, 0.717) is 24.3 Å². The normalized spacial score (nSPS) is 18.4. The summed E-state index contributed by atoms with van der Waals surface area (Å²) in [5.74, 6) is -0.909. The van der Waals surface area contributed by atoms with Crippen LogP contribution in [-0.4, -0.2) is 43.1 Å². The van der Waals surface area contributed by atoms with E-state index in [1.807, 2.05) is 56.3 Å². The second-order valence-corrected chi connectivity index (χ2v) is 12.6. The van der Waals surface area contributed by atoms with E-state index in [1.54, 1.807) is 24.3 Å². The minimum Gasteiger partial charge on any atom is -0.488 e. The number of aryl methyl sites for hydroxylation is 1. The number of aliphatic carboxylic acids is 1. The van der Waals surface area contributed by atoms with Gasteiger partial charge >= 0.3 is 5.97 Å². The zero-order chi connectivity index (χ0) is 27.8. The van der Waals surface area contributed by atoms with Crippen LogP contribution < -0.4 is 14.4 Å². The Morgan fingerprint density at radius 1 is 1.05 bits per heavy atom. The molecule has 9 heteroatoms. The Labute approximate surface area is 228 Å². The molecule has 0 bridgehead atoms. The zero-order valence-corrected chi connectivity index (χ0v) is 22.8. The van der Waals surface area contributed by atoms with Gasteiger partial charge in [0.25, 0.3) is 10.0 Å². The van der Waals surface area contributed by atoms with Gasteiger partial charge < -0.3 is 15.2 Å². The molecule has 5 rings (SSSR count). The van der Waals surface area contributed by atoms with Gasteiger partial charge in [0.15, 0.2) is 0 Å². The topological polar surface area (TPSA) is 113 Å². The van der Waals surface area contributed by atoms with E-state index in [-0.39, 0.29) is 23.3 Å². The van der Waals surface area contributed by atoms with Gasteiger partial charge in [-0.25, -0.2) is 8.42 Å². The first-order valence-corrected chi connectivity index (χ1v) is 14.5. The fraction of sp³-hybridized carbons (Fsp3) is 0.333. The lowest BCUT2D eigenvalue weighted by molar-refractivity contribution is -0.137. The fourth-order valence-electron chi connectivity index (χ4n) is 5.34. The number of fused-ring (bicyclic) bond motifs is 2. The summed E-state index contributed by atoms with van der Waals surface area (Å²) in [6.45, 7) is 4.00. The van der Waals surface area contributed by atoms with Crippen LogP contribution in [0.4, 0.5) is 5.69 Å². The minimum atomic E-state index is -4.13. The predicted molar refractivity (Wildman–Crippen MR) is 147 cm³/mol. The summed E-state index contributed by atoms with van der Waals surface area (Å²) in [5, 5.41) is 12.3. The summed E-state index contributed by atoms with van der Waals surface area (Å²) < 4.78 is 35.4. The van der Waals surface area contributed by atoms with Gasteiger partial charge in [-0.3, -0.25) is 13.9 Å². The molecule has 1 amide bonds. The zero-order valence-electron chi connectivity index (χ0n) is 22.0. The van der Waals surface area contributed by atoms with Crippen LogP contribution in [0, 0.1) is 0 Å². The van der Waals surface area contributed by atoms with Gasteiger partial charge in [-0.15, -0.1) is 0 Å². The molecule has 3 aromatic rings. The van der Waals surface area contributed by atoms with Gasteiger partial charge in [0, 0.05) is 12.5 Å². The number of hydrogen-bond acceptors (Lipinski definition) is 5. The molecular formula is C30H32N2O6S. The maximum atomic E-state index is 14.1. The quantitative estimate of drug-likeness (QED) is 0.438. The number of carboxylic acids is 1. The average Bonchev–Trinajstić information content (AvgIpc) is 3.29. The summed E-state index contributed by atoms with van der Waals surface area (Å²) in [7, 11) is -4.13. The van der Waals surface area contributed by atoms with Gasteiger partial charge in [-0.05, 0) is 74.1 Å². The molecule has 0 spiro atoms. The molecule has 0 fully saturated rings. The number of para-hydroxylation sites is 1. The fourth-order valence-corrected chi connectivity index (χ4v) is 7.04. The lowest BCUT2D eigenvalue weighted by atomic mass is 9.94. The highest BCUT2D eigenvalue weighted by Gasteiger charge is 2.43. The van der Waals surface area contributed by atoms with Crippen molar-refractivity contribution in [2.75, 3.05) is 4.31 Å². The molecule has 0 saturated carbocycles. The van der Waals surface area contributed by atoms with E-state index in [1.165, 1.54) is 10.4 Å². The highest BCUT2D eigenvalue weighted by Crippen LogP contribution is 2.39. The molecule has 2 aliphatic heterocycles.